The van der Waals surface area contributed by atoms with Crippen LogP contribution in [0.4, 0.5) is 4.79 Å². The molecular formula is C21H22N2O4. The second-order valence-electron chi connectivity index (χ2n) is 7.60. The molecule has 0 aliphatic carbocycles. The highest BCUT2D eigenvalue weighted by molar-refractivity contribution is 6.21. The quantitative estimate of drug-likeness (QED) is 0.838. The number of imide groups is 1. The first-order valence-corrected chi connectivity index (χ1v) is 8.70. The Bertz CT molecular complexity index is 852. The SMILES string of the molecule is CC(C)(C)C([C@@H](OC(N)=O)c1ccccc1)N1C(=O)c2ccccc2C1=O. The molecule has 27 heavy (non-hydrogen) atoms. The maximum absolute atomic E-state index is 13.1. The van der Waals surface area contributed by atoms with Gasteiger partial charge in [0.2, 0.25) is 0 Å². The largest absolute Gasteiger partial charge is 0.439 e. The summed E-state index contributed by atoms with van der Waals surface area (Å²) in [5, 5.41) is 0. The molecule has 3 amide bonds. The number of nitrogens with two attached hydrogens (primary N) is 1. The Morgan fingerprint density at radius 2 is 1.41 bits per heavy atom. The third-order valence-electron chi connectivity index (χ3n) is 4.65. The summed E-state index contributed by atoms with van der Waals surface area (Å²) in [6.45, 7) is 5.67. The molecule has 2 atom stereocenters. The van der Waals surface area contributed by atoms with Crippen LogP contribution in [0.3, 0.4) is 0 Å². The molecule has 140 valence electrons. The number of nitrogens with zero attached hydrogens (tertiary/aromatic N) is 1. The van der Waals surface area contributed by atoms with E-state index in [0.29, 0.717) is 16.7 Å². The lowest BCUT2D eigenvalue weighted by Crippen LogP contribution is -2.51. The number of carbonyl (C=O) groups is 3. The molecule has 0 radical (unpaired) electrons. The summed E-state index contributed by atoms with van der Waals surface area (Å²) < 4.78 is 5.43. The van der Waals surface area contributed by atoms with Crippen LogP contribution < -0.4 is 5.73 Å². The molecule has 6 heteroatoms. The zero-order valence-electron chi connectivity index (χ0n) is 15.5. The van der Waals surface area contributed by atoms with E-state index in [-0.39, 0.29) is 0 Å². The van der Waals surface area contributed by atoms with Crippen LogP contribution in [0.5, 0.6) is 0 Å². The van der Waals surface area contributed by atoms with Gasteiger partial charge in [0.15, 0.2) is 6.10 Å². The van der Waals surface area contributed by atoms with Gasteiger partial charge in [-0.3, -0.25) is 14.5 Å². The van der Waals surface area contributed by atoms with Crippen LogP contribution in [0.25, 0.3) is 0 Å². The van der Waals surface area contributed by atoms with E-state index in [9.17, 15) is 14.4 Å². The number of hydrogen-bond acceptors (Lipinski definition) is 4. The van der Waals surface area contributed by atoms with Crippen LogP contribution in [0.1, 0.15) is 53.2 Å². The highest BCUT2D eigenvalue weighted by Crippen LogP contribution is 2.40. The third kappa shape index (κ3) is 3.43. The summed E-state index contributed by atoms with van der Waals surface area (Å²) in [5.74, 6) is -0.797. The summed E-state index contributed by atoms with van der Waals surface area (Å²) in [7, 11) is 0. The molecule has 0 spiro atoms. The Hall–Kier alpha value is -3.15. The average Bonchev–Trinajstić information content (AvgIpc) is 2.86. The maximum Gasteiger partial charge on any atom is 0.405 e. The average molecular weight is 366 g/mol. The van der Waals surface area contributed by atoms with Crippen molar-refractivity contribution in [2.75, 3.05) is 0 Å². The van der Waals surface area contributed by atoms with Crippen molar-refractivity contribution in [1.82, 2.24) is 4.90 Å². The van der Waals surface area contributed by atoms with Gasteiger partial charge in [0.1, 0.15) is 0 Å². The van der Waals surface area contributed by atoms with Crippen molar-refractivity contribution in [1.29, 1.82) is 0 Å². The lowest BCUT2D eigenvalue weighted by Gasteiger charge is -2.41. The molecule has 2 aromatic carbocycles. The van der Waals surface area contributed by atoms with Crippen molar-refractivity contribution in [2.24, 2.45) is 11.1 Å². The number of hydrogen-bond donors (Lipinski definition) is 1. The van der Waals surface area contributed by atoms with Gasteiger partial charge in [-0.15, -0.1) is 0 Å². The minimum absolute atomic E-state index is 0.350. The lowest BCUT2D eigenvalue weighted by atomic mass is 9.80. The fourth-order valence-electron chi connectivity index (χ4n) is 3.52. The standard InChI is InChI=1S/C21H22N2O4/c1-21(2,3)17(16(27-20(22)26)13-9-5-4-6-10-13)23-18(24)14-11-7-8-12-15(14)19(23)25/h4-12,16-17H,1-3H3,(H2,22,26)/t16-,17?/m0/s1. The van der Waals surface area contributed by atoms with Gasteiger partial charge >= 0.3 is 6.09 Å². The first-order chi connectivity index (χ1) is 12.7. The van der Waals surface area contributed by atoms with Crippen LogP contribution in [-0.4, -0.2) is 28.8 Å². The molecule has 0 saturated carbocycles. The van der Waals surface area contributed by atoms with E-state index >= 15 is 0 Å². The van der Waals surface area contributed by atoms with Crippen LogP contribution in [0.2, 0.25) is 0 Å². The monoisotopic (exact) mass is 366 g/mol. The summed E-state index contributed by atoms with van der Waals surface area (Å²) in [6.07, 6.45) is -1.85. The molecule has 2 aromatic rings. The Balaban J connectivity index is 2.13. The Morgan fingerprint density at radius 3 is 1.85 bits per heavy atom. The van der Waals surface area contributed by atoms with Crippen LogP contribution in [-0.2, 0) is 4.74 Å². The van der Waals surface area contributed by atoms with E-state index in [2.05, 4.69) is 0 Å². The fourth-order valence-corrected chi connectivity index (χ4v) is 3.52. The highest BCUT2D eigenvalue weighted by atomic mass is 16.6. The fraction of sp³-hybridized carbons (Fsp3) is 0.286. The molecule has 1 aliphatic rings. The van der Waals surface area contributed by atoms with Crippen molar-refractivity contribution in [3.8, 4) is 0 Å². The zero-order valence-corrected chi connectivity index (χ0v) is 15.5. The van der Waals surface area contributed by atoms with Crippen LogP contribution in [0, 0.1) is 5.41 Å². The topological polar surface area (TPSA) is 89.7 Å². The molecule has 6 nitrogen and oxygen atoms in total. The minimum Gasteiger partial charge on any atom is -0.439 e. The van der Waals surface area contributed by atoms with Crippen molar-refractivity contribution >= 4 is 17.9 Å². The van der Waals surface area contributed by atoms with Crippen LogP contribution in [0.15, 0.2) is 54.6 Å². The van der Waals surface area contributed by atoms with Crippen LogP contribution >= 0.6 is 0 Å². The molecule has 1 unspecified atom stereocenters. The van der Waals surface area contributed by atoms with Gasteiger partial charge in [-0.05, 0) is 23.1 Å². The van der Waals surface area contributed by atoms with Crippen molar-refractivity contribution < 1.29 is 19.1 Å². The predicted molar refractivity (Wildman–Crippen MR) is 100 cm³/mol. The summed E-state index contributed by atoms with van der Waals surface area (Å²) >= 11 is 0. The van der Waals surface area contributed by atoms with Gasteiger partial charge in [0, 0.05) is 0 Å². The summed E-state index contributed by atoms with van der Waals surface area (Å²) in [6, 6.07) is 14.9. The van der Waals surface area contributed by atoms with Gasteiger partial charge in [-0.25, -0.2) is 4.79 Å². The third-order valence-corrected chi connectivity index (χ3v) is 4.65. The predicted octanol–water partition coefficient (Wildman–Crippen LogP) is 3.53. The number of rotatable bonds is 4. The summed E-state index contributed by atoms with van der Waals surface area (Å²) in [4.78, 5) is 38.9. The van der Waals surface area contributed by atoms with Gasteiger partial charge in [-0.1, -0.05) is 63.2 Å². The van der Waals surface area contributed by atoms with E-state index < -0.39 is 35.5 Å². The van der Waals surface area contributed by atoms with E-state index in [0.717, 1.165) is 0 Å². The molecule has 0 aromatic heterocycles. The normalized spacial score (nSPS) is 16.0. The number of carbonyl (C=O) groups excluding carboxylic acids is 3. The molecule has 1 aliphatic heterocycles. The Kier molecular flexibility index (Phi) is 4.74. The van der Waals surface area contributed by atoms with E-state index in [1.54, 1.807) is 48.5 Å². The van der Waals surface area contributed by atoms with Gasteiger partial charge in [0.25, 0.3) is 11.8 Å². The van der Waals surface area contributed by atoms with E-state index in [1.807, 2.05) is 26.8 Å². The summed E-state index contributed by atoms with van der Waals surface area (Å²) in [5.41, 5.74) is 6.09. The molecule has 1 heterocycles. The maximum atomic E-state index is 13.1. The van der Waals surface area contributed by atoms with E-state index in [4.69, 9.17) is 10.5 Å². The second kappa shape index (κ2) is 6.87. The molecule has 0 bridgehead atoms. The number of ether oxygens (including phenoxy) is 1. The van der Waals surface area contributed by atoms with Gasteiger partial charge < -0.3 is 10.5 Å². The Labute approximate surface area is 157 Å². The molecular weight excluding hydrogens is 344 g/mol. The number of fused-ring (bicyclic) bond motifs is 1. The molecule has 2 N–H and O–H groups in total. The smallest absolute Gasteiger partial charge is 0.405 e. The first-order valence-electron chi connectivity index (χ1n) is 8.70. The van der Waals surface area contributed by atoms with Gasteiger partial charge in [0.05, 0.1) is 17.2 Å². The van der Waals surface area contributed by atoms with Crippen molar-refractivity contribution in [2.45, 2.75) is 32.9 Å². The zero-order chi connectivity index (χ0) is 19.8. The first kappa shape index (κ1) is 18.6. The van der Waals surface area contributed by atoms with Crippen molar-refractivity contribution in [3.05, 3.63) is 71.3 Å². The number of amides is 3. The van der Waals surface area contributed by atoms with Crippen molar-refractivity contribution in [3.63, 3.8) is 0 Å². The molecule has 0 fully saturated rings. The number of primary amides is 1. The lowest BCUT2D eigenvalue weighted by molar-refractivity contribution is -0.00617. The Morgan fingerprint density at radius 1 is 0.926 bits per heavy atom. The van der Waals surface area contributed by atoms with Gasteiger partial charge in [-0.2, -0.15) is 0 Å². The number of benzene rings is 2. The second-order valence-corrected chi connectivity index (χ2v) is 7.60. The molecule has 3 rings (SSSR count). The van der Waals surface area contributed by atoms with E-state index in [1.165, 1.54) is 4.90 Å². The molecule has 0 saturated heterocycles. The highest BCUT2D eigenvalue weighted by Gasteiger charge is 2.49. The minimum atomic E-state index is -0.963.